The van der Waals surface area contributed by atoms with Gasteiger partial charge in [0.1, 0.15) is 0 Å². The Morgan fingerprint density at radius 2 is 2.44 bits per heavy atom. The first-order valence-corrected chi connectivity index (χ1v) is 3.29. The van der Waals surface area contributed by atoms with Gasteiger partial charge in [0.25, 0.3) is 0 Å². The maximum Gasteiger partial charge on any atom is 0.0817 e. The zero-order valence-electron chi connectivity index (χ0n) is 5.43. The minimum atomic E-state index is 0.0949. The molecule has 50 valence electrons. The number of rotatable bonds is 3. The van der Waals surface area contributed by atoms with E-state index >= 15 is 0 Å². The minimum absolute atomic E-state index is 0.0949. The van der Waals surface area contributed by atoms with E-state index in [-0.39, 0.29) is 6.04 Å². The molecule has 0 aliphatic heterocycles. The lowest BCUT2D eigenvalue weighted by molar-refractivity contribution is 0.556. The van der Waals surface area contributed by atoms with Gasteiger partial charge in [0.15, 0.2) is 0 Å². The van der Waals surface area contributed by atoms with Crippen LogP contribution in [-0.2, 0) is 0 Å². The molecule has 1 saturated carbocycles. The van der Waals surface area contributed by atoms with Gasteiger partial charge in [0.2, 0.25) is 0 Å². The van der Waals surface area contributed by atoms with Crippen molar-refractivity contribution in [1.29, 1.82) is 0 Å². The van der Waals surface area contributed by atoms with Crippen LogP contribution in [0.5, 0.6) is 0 Å². The maximum atomic E-state index is 5.17. The summed E-state index contributed by atoms with van der Waals surface area (Å²) < 4.78 is 0. The first kappa shape index (κ1) is 6.60. The van der Waals surface area contributed by atoms with Gasteiger partial charge in [0, 0.05) is 0 Å². The van der Waals surface area contributed by atoms with E-state index in [1.165, 1.54) is 12.8 Å². The Labute approximate surface area is 55.8 Å². The molecule has 0 aromatic rings. The highest BCUT2D eigenvalue weighted by molar-refractivity contribution is 4.99. The van der Waals surface area contributed by atoms with Gasteiger partial charge < -0.3 is 0 Å². The Morgan fingerprint density at radius 3 is 2.78 bits per heavy atom. The summed E-state index contributed by atoms with van der Waals surface area (Å²) in [5.41, 5.74) is 2.59. The van der Waals surface area contributed by atoms with Crippen molar-refractivity contribution in [3.8, 4) is 12.3 Å². The van der Waals surface area contributed by atoms with E-state index in [0.29, 0.717) is 0 Å². The van der Waals surface area contributed by atoms with Crippen LogP contribution < -0.4 is 11.3 Å². The maximum absolute atomic E-state index is 5.17. The third kappa shape index (κ3) is 2.05. The van der Waals surface area contributed by atoms with Crippen LogP contribution in [0.3, 0.4) is 0 Å². The molecule has 1 atom stereocenters. The van der Waals surface area contributed by atoms with Gasteiger partial charge >= 0.3 is 0 Å². The van der Waals surface area contributed by atoms with Gasteiger partial charge in [-0.15, -0.1) is 6.42 Å². The zero-order valence-corrected chi connectivity index (χ0v) is 5.43. The van der Waals surface area contributed by atoms with E-state index in [2.05, 4.69) is 11.3 Å². The first-order valence-electron chi connectivity index (χ1n) is 3.29. The highest BCUT2D eigenvalue weighted by atomic mass is 15.2. The summed E-state index contributed by atoms with van der Waals surface area (Å²) in [4.78, 5) is 0. The molecule has 0 saturated heterocycles. The second-order valence-corrected chi connectivity index (χ2v) is 2.56. The van der Waals surface area contributed by atoms with Crippen LogP contribution in [0.15, 0.2) is 0 Å². The Bertz CT molecular complexity index is 121. The molecular weight excluding hydrogens is 112 g/mol. The normalized spacial score (nSPS) is 20.9. The molecule has 1 aliphatic carbocycles. The third-order valence-corrected chi connectivity index (χ3v) is 1.67. The van der Waals surface area contributed by atoms with Gasteiger partial charge in [-0.1, -0.05) is 18.8 Å². The van der Waals surface area contributed by atoms with E-state index in [1.807, 2.05) is 0 Å². The molecule has 0 amide bonds. The highest BCUT2D eigenvalue weighted by Crippen LogP contribution is 2.33. The van der Waals surface area contributed by atoms with Crippen LogP contribution in [0.4, 0.5) is 0 Å². The smallest absolute Gasteiger partial charge is 0.0817 e. The van der Waals surface area contributed by atoms with Crippen molar-refractivity contribution < 1.29 is 0 Å². The lowest BCUT2D eigenvalue weighted by atomic mass is 10.1. The van der Waals surface area contributed by atoms with Gasteiger partial charge in [-0.25, -0.2) is 5.43 Å². The van der Waals surface area contributed by atoms with E-state index in [0.717, 1.165) is 12.3 Å². The number of hydrazine groups is 1. The second-order valence-electron chi connectivity index (χ2n) is 2.56. The average Bonchev–Trinajstić information content (AvgIpc) is 2.66. The van der Waals surface area contributed by atoms with Crippen LogP contribution in [0.1, 0.15) is 19.3 Å². The topological polar surface area (TPSA) is 38.0 Å². The summed E-state index contributed by atoms with van der Waals surface area (Å²) in [6.45, 7) is 0. The largest absolute Gasteiger partial charge is 0.270 e. The summed E-state index contributed by atoms with van der Waals surface area (Å²) in [5, 5.41) is 0. The van der Waals surface area contributed by atoms with Gasteiger partial charge in [-0.2, -0.15) is 0 Å². The monoisotopic (exact) mass is 124 g/mol. The Kier molecular flexibility index (Phi) is 2.10. The summed E-state index contributed by atoms with van der Waals surface area (Å²) in [7, 11) is 0. The molecule has 0 radical (unpaired) electrons. The van der Waals surface area contributed by atoms with E-state index in [4.69, 9.17) is 12.3 Å². The quantitative estimate of drug-likeness (QED) is 0.321. The predicted molar refractivity (Wildman–Crippen MR) is 37.3 cm³/mol. The number of nitrogens with one attached hydrogen (secondary N) is 1. The molecule has 2 nitrogen and oxygen atoms in total. The summed E-state index contributed by atoms with van der Waals surface area (Å²) in [6.07, 6.45) is 8.88. The van der Waals surface area contributed by atoms with Crippen LogP contribution >= 0.6 is 0 Å². The van der Waals surface area contributed by atoms with E-state index < -0.39 is 0 Å². The molecule has 0 aromatic heterocycles. The van der Waals surface area contributed by atoms with Gasteiger partial charge in [-0.05, 0) is 12.3 Å². The van der Waals surface area contributed by atoms with E-state index in [1.54, 1.807) is 0 Å². The SMILES string of the molecule is C#CC(CC1CC1)NN. The van der Waals surface area contributed by atoms with Crippen LogP contribution in [0.25, 0.3) is 0 Å². The molecule has 1 fully saturated rings. The second kappa shape index (κ2) is 2.86. The fraction of sp³-hybridized carbons (Fsp3) is 0.714. The van der Waals surface area contributed by atoms with Crippen molar-refractivity contribution in [3.63, 3.8) is 0 Å². The molecule has 0 spiro atoms. The molecule has 3 N–H and O–H groups in total. The van der Waals surface area contributed by atoms with Crippen molar-refractivity contribution in [2.24, 2.45) is 11.8 Å². The number of nitrogens with two attached hydrogens (primary N) is 1. The third-order valence-electron chi connectivity index (χ3n) is 1.67. The Balaban J connectivity index is 2.14. The van der Waals surface area contributed by atoms with Crippen LogP contribution in [0.2, 0.25) is 0 Å². The molecule has 0 heterocycles. The lowest BCUT2D eigenvalue weighted by Gasteiger charge is -2.05. The molecule has 2 heteroatoms. The van der Waals surface area contributed by atoms with Crippen LogP contribution in [-0.4, -0.2) is 6.04 Å². The fourth-order valence-corrected chi connectivity index (χ4v) is 0.871. The van der Waals surface area contributed by atoms with Crippen molar-refractivity contribution >= 4 is 0 Å². The number of terminal acetylenes is 1. The van der Waals surface area contributed by atoms with E-state index in [9.17, 15) is 0 Å². The molecule has 1 unspecified atom stereocenters. The molecule has 1 rings (SSSR count). The predicted octanol–water partition coefficient (Wildman–Crippen LogP) is 0.252. The fourth-order valence-electron chi connectivity index (χ4n) is 0.871. The average molecular weight is 124 g/mol. The molecule has 0 aromatic carbocycles. The Morgan fingerprint density at radius 1 is 1.78 bits per heavy atom. The van der Waals surface area contributed by atoms with Gasteiger partial charge in [-0.3, -0.25) is 5.84 Å². The Hall–Kier alpha value is -0.520. The number of hydrogen-bond acceptors (Lipinski definition) is 2. The number of hydrogen-bond donors (Lipinski definition) is 2. The molecule has 9 heavy (non-hydrogen) atoms. The van der Waals surface area contributed by atoms with Crippen molar-refractivity contribution in [1.82, 2.24) is 5.43 Å². The van der Waals surface area contributed by atoms with Crippen molar-refractivity contribution in [2.75, 3.05) is 0 Å². The first-order chi connectivity index (χ1) is 4.36. The summed E-state index contributed by atoms with van der Waals surface area (Å²) >= 11 is 0. The van der Waals surface area contributed by atoms with Crippen molar-refractivity contribution in [3.05, 3.63) is 0 Å². The minimum Gasteiger partial charge on any atom is -0.270 e. The van der Waals surface area contributed by atoms with Gasteiger partial charge in [0.05, 0.1) is 6.04 Å². The highest BCUT2D eigenvalue weighted by Gasteiger charge is 2.23. The summed E-state index contributed by atoms with van der Waals surface area (Å²) in [6, 6.07) is 0.0949. The van der Waals surface area contributed by atoms with Crippen LogP contribution in [0, 0.1) is 18.3 Å². The zero-order chi connectivity index (χ0) is 6.69. The molecule has 1 aliphatic rings. The molecule has 0 bridgehead atoms. The van der Waals surface area contributed by atoms with Crippen molar-refractivity contribution in [2.45, 2.75) is 25.3 Å². The lowest BCUT2D eigenvalue weighted by Crippen LogP contribution is -2.34. The molecular formula is C7H12N2. The summed E-state index contributed by atoms with van der Waals surface area (Å²) in [5.74, 6) is 8.60. The standard InChI is InChI=1S/C7H12N2/c1-2-7(9-8)5-6-3-4-6/h1,6-7,9H,3-5,8H2.